The Morgan fingerprint density at radius 1 is 1.25 bits per heavy atom. The second-order valence-electron chi connectivity index (χ2n) is 5.36. The molecular formula is C17H19N3O4. The molecule has 1 unspecified atom stereocenters. The maximum Gasteiger partial charge on any atom is 0.341 e. The second kappa shape index (κ2) is 7.54. The number of ether oxygens (including phenoxy) is 1. The number of aliphatic carboxylic acids is 1. The van der Waals surface area contributed by atoms with Crippen LogP contribution in [0.5, 0.6) is 5.75 Å². The van der Waals surface area contributed by atoms with Crippen LogP contribution < -0.4 is 10.1 Å². The number of benzene rings is 1. The van der Waals surface area contributed by atoms with Crippen molar-refractivity contribution in [2.45, 2.75) is 26.8 Å². The van der Waals surface area contributed by atoms with Gasteiger partial charge in [0.1, 0.15) is 11.6 Å². The van der Waals surface area contributed by atoms with Crippen molar-refractivity contribution in [2.24, 2.45) is 0 Å². The molecule has 7 heteroatoms. The Morgan fingerprint density at radius 3 is 2.50 bits per heavy atom. The van der Waals surface area contributed by atoms with Crippen molar-refractivity contribution >= 4 is 11.9 Å². The van der Waals surface area contributed by atoms with E-state index >= 15 is 0 Å². The van der Waals surface area contributed by atoms with Crippen LogP contribution in [-0.2, 0) is 4.79 Å². The number of hydrogen-bond donors (Lipinski definition) is 2. The first kappa shape index (κ1) is 17.4. The molecule has 2 aromatic rings. The van der Waals surface area contributed by atoms with Crippen molar-refractivity contribution in [1.29, 1.82) is 0 Å². The molecule has 0 aliphatic carbocycles. The average Bonchev–Trinajstić information content (AvgIpc) is 2.53. The first-order chi connectivity index (χ1) is 11.4. The molecule has 0 saturated carbocycles. The zero-order chi connectivity index (χ0) is 17.7. The van der Waals surface area contributed by atoms with Gasteiger partial charge in [-0.2, -0.15) is 0 Å². The Morgan fingerprint density at radius 2 is 1.92 bits per heavy atom. The first-order valence-corrected chi connectivity index (χ1v) is 7.42. The highest BCUT2D eigenvalue weighted by molar-refractivity contribution is 5.95. The minimum atomic E-state index is -1.03. The number of nitrogens with one attached hydrogen (secondary N) is 1. The van der Waals surface area contributed by atoms with Gasteiger partial charge in [0.2, 0.25) is 0 Å². The molecule has 0 aliphatic rings. The molecule has 1 aromatic carbocycles. The van der Waals surface area contributed by atoms with E-state index in [1.807, 2.05) is 6.92 Å². The van der Waals surface area contributed by atoms with Gasteiger partial charge in [0.05, 0.1) is 17.3 Å². The van der Waals surface area contributed by atoms with E-state index in [0.29, 0.717) is 22.8 Å². The zero-order valence-electron chi connectivity index (χ0n) is 13.7. The maximum absolute atomic E-state index is 12.3. The third kappa shape index (κ3) is 4.52. The van der Waals surface area contributed by atoms with Gasteiger partial charge in [-0.15, -0.1) is 0 Å². The molecule has 0 spiro atoms. The zero-order valence-corrected chi connectivity index (χ0v) is 13.7. The number of carbonyl (C=O) groups excluding carboxylic acids is 1. The minimum Gasteiger partial charge on any atom is -0.482 e. The molecule has 24 heavy (non-hydrogen) atoms. The van der Waals surface area contributed by atoms with Crippen molar-refractivity contribution in [2.75, 3.05) is 6.61 Å². The third-order valence-electron chi connectivity index (χ3n) is 3.43. The van der Waals surface area contributed by atoms with E-state index in [4.69, 9.17) is 9.84 Å². The molecule has 0 saturated heterocycles. The van der Waals surface area contributed by atoms with Gasteiger partial charge >= 0.3 is 5.97 Å². The average molecular weight is 329 g/mol. The quantitative estimate of drug-likeness (QED) is 0.841. The van der Waals surface area contributed by atoms with Crippen molar-refractivity contribution in [3.05, 3.63) is 53.1 Å². The van der Waals surface area contributed by atoms with Crippen LogP contribution in [0.1, 0.15) is 40.4 Å². The van der Waals surface area contributed by atoms with Gasteiger partial charge in [-0.25, -0.2) is 14.8 Å². The van der Waals surface area contributed by atoms with Crippen LogP contribution in [-0.4, -0.2) is 33.6 Å². The van der Waals surface area contributed by atoms with Crippen LogP contribution in [0.3, 0.4) is 0 Å². The predicted octanol–water partition coefficient (Wildman–Crippen LogP) is 2.05. The lowest BCUT2D eigenvalue weighted by molar-refractivity contribution is -0.139. The Kier molecular flexibility index (Phi) is 5.47. The molecule has 2 N–H and O–H groups in total. The van der Waals surface area contributed by atoms with Gasteiger partial charge in [0, 0.05) is 6.20 Å². The Bertz CT molecular complexity index is 744. The first-order valence-electron chi connectivity index (χ1n) is 7.42. The summed E-state index contributed by atoms with van der Waals surface area (Å²) in [6, 6.07) is 6.66. The molecule has 1 heterocycles. The SMILES string of the molecule is Cc1ncc(C(=O)NC(C)c2ccc(OCC(=O)O)cc2)c(C)n1. The monoisotopic (exact) mass is 329 g/mol. The lowest BCUT2D eigenvalue weighted by Crippen LogP contribution is -2.27. The lowest BCUT2D eigenvalue weighted by Gasteiger charge is -2.15. The lowest BCUT2D eigenvalue weighted by atomic mass is 10.1. The fraction of sp³-hybridized carbons (Fsp3) is 0.294. The standard InChI is InChI=1S/C17H19N3O4/c1-10(13-4-6-14(7-5-13)24-9-16(21)22)20-17(23)15-8-18-12(3)19-11(15)2/h4-8,10H,9H2,1-3H3,(H,20,23)(H,21,22). The van der Waals surface area contributed by atoms with E-state index in [0.717, 1.165) is 5.56 Å². The molecule has 1 aromatic heterocycles. The highest BCUT2D eigenvalue weighted by Crippen LogP contribution is 2.18. The van der Waals surface area contributed by atoms with E-state index in [2.05, 4.69) is 15.3 Å². The fourth-order valence-electron chi connectivity index (χ4n) is 2.16. The largest absolute Gasteiger partial charge is 0.482 e. The summed E-state index contributed by atoms with van der Waals surface area (Å²) in [5.41, 5.74) is 1.94. The molecule has 126 valence electrons. The van der Waals surface area contributed by atoms with Gasteiger partial charge in [-0.3, -0.25) is 4.79 Å². The van der Waals surface area contributed by atoms with E-state index in [1.54, 1.807) is 38.1 Å². The maximum atomic E-state index is 12.3. The molecule has 0 aliphatic heterocycles. The van der Waals surface area contributed by atoms with E-state index in [-0.39, 0.29) is 11.9 Å². The number of aromatic nitrogens is 2. The summed E-state index contributed by atoms with van der Waals surface area (Å²) in [7, 11) is 0. The summed E-state index contributed by atoms with van der Waals surface area (Å²) in [6.07, 6.45) is 1.52. The number of carboxylic acid groups (broad SMARTS) is 1. The number of nitrogens with zero attached hydrogens (tertiary/aromatic N) is 2. The van der Waals surface area contributed by atoms with Gasteiger partial charge in [0.25, 0.3) is 5.91 Å². The van der Waals surface area contributed by atoms with E-state index < -0.39 is 12.6 Å². The molecule has 0 radical (unpaired) electrons. The van der Waals surface area contributed by atoms with Crippen LogP contribution in [0.15, 0.2) is 30.5 Å². The highest BCUT2D eigenvalue weighted by Gasteiger charge is 2.15. The summed E-state index contributed by atoms with van der Waals surface area (Å²) >= 11 is 0. The Hall–Kier alpha value is -2.96. The summed E-state index contributed by atoms with van der Waals surface area (Å²) < 4.78 is 5.08. The minimum absolute atomic E-state index is 0.230. The van der Waals surface area contributed by atoms with Crippen molar-refractivity contribution in [3.8, 4) is 5.75 Å². The van der Waals surface area contributed by atoms with Crippen LogP contribution in [0, 0.1) is 13.8 Å². The molecule has 2 rings (SSSR count). The smallest absolute Gasteiger partial charge is 0.341 e. The number of carboxylic acids is 1. The molecule has 1 amide bonds. The van der Waals surface area contributed by atoms with Crippen molar-refractivity contribution in [1.82, 2.24) is 15.3 Å². The second-order valence-corrected chi connectivity index (χ2v) is 5.36. The Labute approximate surface area is 139 Å². The number of rotatable bonds is 6. The number of carbonyl (C=O) groups is 2. The summed E-state index contributed by atoms with van der Waals surface area (Å²) in [4.78, 5) is 31.0. The highest BCUT2D eigenvalue weighted by atomic mass is 16.5. The van der Waals surface area contributed by atoms with Crippen LogP contribution in [0.2, 0.25) is 0 Å². The van der Waals surface area contributed by atoms with Crippen molar-refractivity contribution < 1.29 is 19.4 Å². The number of amides is 1. The van der Waals surface area contributed by atoms with Crippen LogP contribution >= 0.6 is 0 Å². The van der Waals surface area contributed by atoms with Gasteiger partial charge in [-0.1, -0.05) is 12.1 Å². The summed E-state index contributed by atoms with van der Waals surface area (Å²) in [5, 5.41) is 11.5. The fourth-order valence-corrected chi connectivity index (χ4v) is 2.16. The topological polar surface area (TPSA) is 101 Å². The van der Waals surface area contributed by atoms with Gasteiger partial charge < -0.3 is 15.2 Å². The third-order valence-corrected chi connectivity index (χ3v) is 3.43. The van der Waals surface area contributed by atoms with E-state index in [9.17, 15) is 9.59 Å². The normalized spacial score (nSPS) is 11.6. The van der Waals surface area contributed by atoms with Crippen LogP contribution in [0.4, 0.5) is 0 Å². The van der Waals surface area contributed by atoms with Gasteiger partial charge in [0.15, 0.2) is 6.61 Å². The predicted molar refractivity (Wildman–Crippen MR) is 87.0 cm³/mol. The molecule has 0 fully saturated rings. The van der Waals surface area contributed by atoms with Gasteiger partial charge in [-0.05, 0) is 38.5 Å². The van der Waals surface area contributed by atoms with E-state index in [1.165, 1.54) is 6.20 Å². The Balaban J connectivity index is 2.02. The van der Waals surface area contributed by atoms with Crippen molar-refractivity contribution in [3.63, 3.8) is 0 Å². The number of hydrogen-bond acceptors (Lipinski definition) is 5. The van der Waals surface area contributed by atoms with Crippen LogP contribution in [0.25, 0.3) is 0 Å². The molecule has 1 atom stereocenters. The molecule has 0 bridgehead atoms. The number of aryl methyl sites for hydroxylation is 2. The summed E-state index contributed by atoms with van der Waals surface area (Å²) in [5.74, 6) is -0.196. The molecular weight excluding hydrogens is 310 g/mol. The summed E-state index contributed by atoms with van der Waals surface area (Å²) in [6.45, 7) is 5.00. The molecule has 7 nitrogen and oxygen atoms in total.